The Kier molecular flexibility index (Phi) is 9.53. The smallest absolute Gasteiger partial charge is 0.264 e. The zero-order chi connectivity index (χ0) is 28.0. The van der Waals surface area contributed by atoms with Crippen molar-refractivity contribution in [1.82, 2.24) is 10.2 Å². The van der Waals surface area contributed by atoms with Crippen LogP contribution in [0, 0.1) is 0 Å². The highest BCUT2D eigenvalue weighted by Crippen LogP contribution is 2.26. The molecule has 0 aliphatic heterocycles. The summed E-state index contributed by atoms with van der Waals surface area (Å²) in [7, 11) is -4.09. The second kappa shape index (κ2) is 12.9. The van der Waals surface area contributed by atoms with E-state index >= 15 is 0 Å². The van der Waals surface area contributed by atoms with E-state index in [-0.39, 0.29) is 23.4 Å². The molecule has 1 fully saturated rings. The molecule has 1 aliphatic rings. The monoisotopic (exact) mass is 587 g/mol. The van der Waals surface area contributed by atoms with Crippen LogP contribution in [0.25, 0.3) is 0 Å². The van der Waals surface area contributed by atoms with Gasteiger partial charge in [0.2, 0.25) is 11.8 Å². The van der Waals surface area contributed by atoms with Gasteiger partial charge in [-0.15, -0.1) is 0 Å². The van der Waals surface area contributed by atoms with E-state index in [0.29, 0.717) is 21.3 Å². The van der Waals surface area contributed by atoms with Gasteiger partial charge in [0.25, 0.3) is 10.0 Å². The number of hydrogen-bond acceptors (Lipinski definition) is 4. The molecular weight excluding hydrogens is 557 g/mol. The maximum atomic E-state index is 13.9. The maximum absolute atomic E-state index is 13.9. The number of nitrogens with zero attached hydrogens (tertiary/aromatic N) is 2. The summed E-state index contributed by atoms with van der Waals surface area (Å²) in [5.74, 6) is -0.814. The van der Waals surface area contributed by atoms with E-state index in [1.165, 1.54) is 17.0 Å². The van der Waals surface area contributed by atoms with Crippen LogP contribution in [0.2, 0.25) is 10.0 Å². The zero-order valence-corrected chi connectivity index (χ0v) is 23.9. The first-order valence-electron chi connectivity index (χ1n) is 12.8. The molecule has 0 aromatic heterocycles. The molecule has 7 nitrogen and oxygen atoms in total. The SMILES string of the molecule is CC(C(=O)NC1CCCC1)N(Cc1ccc(Cl)c(Cl)c1)C(=O)CN(c1ccccc1)S(=O)(=O)c1ccccc1. The van der Waals surface area contributed by atoms with E-state index < -0.39 is 28.5 Å². The van der Waals surface area contributed by atoms with Gasteiger partial charge in [0.05, 0.1) is 20.6 Å². The third-order valence-corrected chi connectivity index (χ3v) is 9.39. The summed E-state index contributed by atoms with van der Waals surface area (Å²) in [6.07, 6.45) is 3.90. The van der Waals surface area contributed by atoms with Crippen molar-refractivity contribution in [2.45, 2.75) is 56.1 Å². The molecule has 2 amide bonds. The lowest BCUT2D eigenvalue weighted by atomic mass is 10.1. The normalized spacial score (nSPS) is 14.5. The van der Waals surface area contributed by atoms with Crippen molar-refractivity contribution in [2.75, 3.05) is 10.8 Å². The Labute approximate surface area is 239 Å². The van der Waals surface area contributed by atoms with Crippen LogP contribution in [0.4, 0.5) is 5.69 Å². The molecule has 206 valence electrons. The number of rotatable bonds is 10. The van der Waals surface area contributed by atoms with Crippen molar-refractivity contribution < 1.29 is 18.0 Å². The lowest BCUT2D eigenvalue weighted by Crippen LogP contribution is -2.52. The summed E-state index contributed by atoms with van der Waals surface area (Å²) >= 11 is 12.3. The van der Waals surface area contributed by atoms with Crippen molar-refractivity contribution >= 4 is 50.7 Å². The minimum absolute atomic E-state index is 0.0446. The molecule has 1 saturated carbocycles. The second-order valence-corrected chi connectivity index (χ2v) is 12.3. The van der Waals surface area contributed by atoms with Gasteiger partial charge in [-0.05, 0) is 61.7 Å². The minimum atomic E-state index is -4.09. The Balaban J connectivity index is 1.67. The van der Waals surface area contributed by atoms with Crippen LogP contribution in [0.15, 0.2) is 83.8 Å². The molecule has 3 aromatic rings. The summed E-state index contributed by atoms with van der Waals surface area (Å²) < 4.78 is 28.5. The van der Waals surface area contributed by atoms with Gasteiger partial charge in [-0.1, -0.05) is 78.5 Å². The molecule has 0 radical (unpaired) electrons. The fourth-order valence-corrected chi connectivity index (χ4v) is 6.41. The highest BCUT2D eigenvalue weighted by Gasteiger charge is 2.33. The molecule has 39 heavy (non-hydrogen) atoms. The topological polar surface area (TPSA) is 86.8 Å². The Morgan fingerprint density at radius 1 is 0.923 bits per heavy atom. The van der Waals surface area contributed by atoms with Gasteiger partial charge < -0.3 is 10.2 Å². The number of anilines is 1. The van der Waals surface area contributed by atoms with Crippen molar-refractivity contribution in [3.63, 3.8) is 0 Å². The lowest BCUT2D eigenvalue weighted by Gasteiger charge is -2.32. The standard InChI is InChI=1S/C29H31Cl2N3O4S/c1-21(29(36)32-23-10-8-9-11-23)33(19-22-16-17-26(30)27(31)18-22)28(35)20-34(24-12-4-2-5-13-24)39(37,38)25-14-6-3-7-15-25/h2-7,12-18,21,23H,8-11,19-20H2,1H3,(H,32,36). The van der Waals surface area contributed by atoms with Gasteiger partial charge >= 0.3 is 0 Å². The van der Waals surface area contributed by atoms with Crippen molar-refractivity contribution in [3.05, 3.63) is 94.5 Å². The zero-order valence-electron chi connectivity index (χ0n) is 21.6. The average molecular weight is 589 g/mol. The molecule has 0 bridgehead atoms. The number of carbonyl (C=O) groups excluding carboxylic acids is 2. The Hall–Kier alpha value is -3.07. The van der Waals surface area contributed by atoms with Crippen LogP contribution in [0.1, 0.15) is 38.2 Å². The summed E-state index contributed by atoms with van der Waals surface area (Å²) in [5.41, 5.74) is 1.00. The number of carbonyl (C=O) groups is 2. The summed E-state index contributed by atoms with van der Waals surface area (Å²) in [6.45, 7) is 1.20. The van der Waals surface area contributed by atoms with Gasteiger partial charge in [-0.2, -0.15) is 0 Å². The number of halogens is 2. The molecule has 1 atom stereocenters. The molecule has 10 heteroatoms. The van der Waals surface area contributed by atoms with Gasteiger partial charge in [0.15, 0.2) is 0 Å². The first kappa shape index (κ1) is 28.9. The summed E-state index contributed by atoms with van der Waals surface area (Å²) in [5, 5.41) is 3.74. The van der Waals surface area contributed by atoms with Crippen LogP contribution < -0.4 is 9.62 Å². The van der Waals surface area contributed by atoms with E-state index in [1.54, 1.807) is 73.7 Å². The van der Waals surface area contributed by atoms with Crippen molar-refractivity contribution in [2.24, 2.45) is 0 Å². The fourth-order valence-electron chi connectivity index (χ4n) is 4.65. The van der Waals surface area contributed by atoms with E-state index in [2.05, 4.69) is 5.32 Å². The van der Waals surface area contributed by atoms with Crippen LogP contribution in [-0.2, 0) is 26.2 Å². The fraction of sp³-hybridized carbons (Fsp3) is 0.310. The average Bonchev–Trinajstić information content (AvgIpc) is 3.45. The van der Waals surface area contributed by atoms with Crippen LogP contribution in [0.3, 0.4) is 0 Å². The number of hydrogen-bond donors (Lipinski definition) is 1. The van der Waals surface area contributed by atoms with Gasteiger partial charge in [0, 0.05) is 12.6 Å². The van der Waals surface area contributed by atoms with Crippen molar-refractivity contribution in [1.29, 1.82) is 0 Å². The lowest BCUT2D eigenvalue weighted by molar-refractivity contribution is -0.139. The second-order valence-electron chi connectivity index (χ2n) is 9.60. The Bertz CT molecular complexity index is 1400. The number of para-hydroxylation sites is 1. The number of amides is 2. The highest BCUT2D eigenvalue weighted by molar-refractivity contribution is 7.92. The van der Waals surface area contributed by atoms with Crippen molar-refractivity contribution in [3.8, 4) is 0 Å². The van der Waals surface area contributed by atoms with E-state index in [4.69, 9.17) is 23.2 Å². The predicted molar refractivity (Wildman–Crippen MR) is 154 cm³/mol. The first-order valence-corrected chi connectivity index (χ1v) is 15.0. The summed E-state index contributed by atoms with van der Waals surface area (Å²) in [4.78, 5) is 28.6. The number of benzene rings is 3. The maximum Gasteiger partial charge on any atom is 0.264 e. The molecule has 1 unspecified atom stereocenters. The Morgan fingerprint density at radius 2 is 1.54 bits per heavy atom. The van der Waals surface area contributed by atoms with Crippen LogP contribution >= 0.6 is 23.2 Å². The Morgan fingerprint density at radius 3 is 2.15 bits per heavy atom. The molecule has 4 rings (SSSR count). The highest BCUT2D eigenvalue weighted by atomic mass is 35.5. The third-order valence-electron chi connectivity index (χ3n) is 6.86. The molecule has 0 saturated heterocycles. The van der Waals surface area contributed by atoms with E-state index in [9.17, 15) is 18.0 Å². The van der Waals surface area contributed by atoms with Crippen LogP contribution in [-0.4, -0.2) is 43.8 Å². The van der Waals surface area contributed by atoms with Gasteiger partial charge in [-0.3, -0.25) is 13.9 Å². The van der Waals surface area contributed by atoms with Crippen LogP contribution in [0.5, 0.6) is 0 Å². The predicted octanol–water partition coefficient (Wildman–Crippen LogP) is 5.66. The number of nitrogens with one attached hydrogen (secondary N) is 1. The molecule has 0 spiro atoms. The molecule has 1 N–H and O–H groups in total. The van der Waals surface area contributed by atoms with E-state index in [1.807, 2.05) is 0 Å². The van der Waals surface area contributed by atoms with E-state index in [0.717, 1.165) is 30.0 Å². The van der Waals surface area contributed by atoms with Gasteiger partial charge in [0.1, 0.15) is 12.6 Å². The van der Waals surface area contributed by atoms with Gasteiger partial charge in [-0.25, -0.2) is 8.42 Å². The molecule has 0 heterocycles. The largest absolute Gasteiger partial charge is 0.352 e. The molecule has 3 aromatic carbocycles. The molecule has 1 aliphatic carbocycles. The minimum Gasteiger partial charge on any atom is -0.352 e. The number of sulfonamides is 1. The summed E-state index contributed by atoms with van der Waals surface area (Å²) in [6, 6.07) is 20.6. The first-order chi connectivity index (χ1) is 18.7. The third kappa shape index (κ3) is 7.12. The molecular formula is C29H31Cl2N3O4S. The quantitative estimate of drug-likeness (QED) is 0.331.